The number of carbonyl (C=O) groups is 2. The smallest absolute Gasteiger partial charge is 0.318 e. The molecular weight excluding hydrogens is 184 g/mol. The fourth-order valence-corrected chi connectivity index (χ4v) is 1.39. The van der Waals surface area contributed by atoms with Crippen LogP contribution in [-0.2, 0) is 4.79 Å². The molecule has 0 bridgehead atoms. The monoisotopic (exact) mass is 200 g/mol. The van der Waals surface area contributed by atoms with E-state index in [2.05, 4.69) is 10.2 Å². The van der Waals surface area contributed by atoms with E-state index in [4.69, 9.17) is 5.73 Å². The van der Waals surface area contributed by atoms with Gasteiger partial charge in [0.25, 0.3) is 0 Å². The molecule has 1 fully saturated rings. The average Bonchev–Trinajstić information content (AvgIpc) is 2.15. The van der Waals surface area contributed by atoms with E-state index in [1.165, 1.54) is 0 Å². The normalized spacial score (nSPS) is 17.7. The molecule has 1 rings (SSSR count). The lowest BCUT2D eigenvalue weighted by Gasteiger charge is -2.26. The molecular formula is C8H16N4O2. The van der Waals surface area contributed by atoms with Gasteiger partial charge in [-0.1, -0.05) is 0 Å². The number of carbonyl (C=O) groups excluding carboxylic acids is 2. The zero-order chi connectivity index (χ0) is 10.4. The van der Waals surface area contributed by atoms with Crippen molar-refractivity contribution in [3.63, 3.8) is 0 Å². The molecule has 0 unspecified atom stereocenters. The molecule has 1 heterocycles. The summed E-state index contributed by atoms with van der Waals surface area (Å²) in [5, 5.41) is 5.26. The third-order valence-corrected chi connectivity index (χ3v) is 2.13. The molecule has 1 aliphatic rings. The fraction of sp³-hybridized carbons (Fsp3) is 0.750. The second-order valence-electron chi connectivity index (χ2n) is 3.25. The molecule has 80 valence electrons. The summed E-state index contributed by atoms with van der Waals surface area (Å²) in [6.45, 7) is 4.49. The van der Waals surface area contributed by atoms with Crippen molar-refractivity contribution in [2.24, 2.45) is 5.73 Å². The number of hydrogen-bond acceptors (Lipinski definition) is 4. The third-order valence-electron chi connectivity index (χ3n) is 2.13. The Kier molecular flexibility index (Phi) is 4.34. The van der Waals surface area contributed by atoms with Crippen LogP contribution < -0.4 is 16.4 Å². The number of rotatable bonds is 3. The van der Waals surface area contributed by atoms with E-state index in [1.807, 2.05) is 5.32 Å². The van der Waals surface area contributed by atoms with Crippen LogP contribution in [0.5, 0.6) is 0 Å². The minimum atomic E-state index is -0.782. The van der Waals surface area contributed by atoms with E-state index in [-0.39, 0.29) is 5.91 Å². The minimum Gasteiger partial charge on any atom is -0.351 e. The van der Waals surface area contributed by atoms with Gasteiger partial charge in [-0.25, -0.2) is 4.79 Å². The maximum absolute atomic E-state index is 11.0. The summed E-state index contributed by atoms with van der Waals surface area (Å²) in [7, 11) is 0. The zero-order valence-electron chi connectivity index (χ0n) is 8.08. The number of nitrogens with one attached hydrogen (secondary N) is 2. The van der Waals surface area contributed by atoms with Gasteiger partial charge in [-0.3, -0.25) is 10.1 Å². The van der Waals surface area contributed by atoms with Crippen LogP contribution in [0.15, 0.2) is 0 Å². The van der Waals surface area contributed by atoms with Crippen molar-refractivity contribution in [3.8, 4) is 0 Å². The number of nitrogens with two attached hydrogens (primary N) is 1. The fourth-order valence-electron chi connectivity index (χ4n) is 1.39. The number of imide groups is 1. The molecule has 14 heavy (non-hydrogen) atoms. The first-order valence-corrected chi connectivity index (χ1v) is 4.71. The second kappa shape index (κ2) is 5.56. The maximum Gasteiger partial charge on any atom is 0.318 e. The van der Waals surface area contributed by atoms with Gasteiger partial charge in [0.15, 0.2) is 0 Å². The summed E-state index contributed by atoms with van der Waals surface area (Å²) in [6.07, 6.45) is 0.322. The third kappa shape index (κ3) is 4.20. The first kappa shape index (κ1) is 10.9. The first-order chi connectivity index (χ1) is 6.68. The number of piperazine rings is 1. The van der Waals surface area contributed by atoms with E-state index < -0.39 is 6.03 Å². The highest BCUT2D eigenvalue weighted by Gasteiger charge is 2.11. The quantitative estimate of drug-likeness (QED) is 0.516. The zero-order valence-corrected chi connectivity index (χ0v) is 8.08. The van der Waals surface area contributed by atoms with Gasteiger partial charge >= 0.3 is 6.03 Å². The van der Waals surface area contributed by atoms with Gasteiger partial charge in [0.05, 0.1) is 0 Å². The van der Waals surface area contributed by atoms with Crippen molar-refractivity contribution in [2.75, 3.05) is 32.7 Å². The van der Waals surface area contributed by atoms with Gasteiger partial charge in [-0.2, -0.15) is 0 Å². The van der Waals surface area contributed by atoms with Gasteiger partial charge < -0.3 is 16.0 Å². The highest BCUT2D eigenvalue weighted by molar-refractivity contribution is 5.93. The van der Waals surface area contributed by atoms with Crippen molar-refractivity contribution >= 4 is 11.9 Å². The standard InChI is InChI=1S/C8H16N4O2/c9-8(14)11-7(13)1-4-12-5-2-10-3-6-12/h10H,1-6H2,(H3,9,11,13,14). The van der Waals surface area contributed by atoms with Crippen LogP contribution in [0.2, 0.25) is 0 Å². The average molecular weight is 200 g/mol. The first-order valence-electron chi connectivity index (χ1n) is 4.71. The predicted octanol–water partition coefficient (Wildman–Crippen LogP) is -1.52. The number of urea groups is 1. The van der Waals surface area contributed by atoms with Crippen molar-refractivity contribution < 1.29 is 9.59 Å². The Morgan fingerprint density at radius 3 is 2.57 bits per heavy atom. The SMILES string of the molecule is NC(=O)NC(=O)CCN1CCNCC1. The van der Waals surface area contributed by atoms with Gasteiger partial charge in [0.1, 0.15) is 0 Å². The molecule has 0 aromatic carbocycles. The second-order valence-corrected chi connectivity index (χ2v) is 3.25. The predicted molar refractivity (Wildman–Crippen MR) is 51.7 cm³/mol. The summed E-state index contributed by atoms with van der Waals surface area (Å²) in [4.78, 5) is 23.5. The molecule has 0 aromatic heterocycles. The number of hydrogen-bond donors (Lipinski definition) is 3. The highest BCUT2D eigenvalue weighted by Crippen LogP contribution is 1.93. The van der Waals surface area contributed by atoms with E-state index >= 15 is 0 Å². The van der Waals surface area contributed by atoms with Gasteiger partial charge in [-0.15, -0.1) is 0 Å². The number of primary amides is 1. The van der Waals surface area contributed by atoms with Crippen LogP contribution in [0.3, 0.4) is 0 Å². The van der Waals surface area contributed by atoms with E-state index in [0.29, 0.717) is 13.0 Å². The molecule has 0 spiro atoms. The summed E-state index contributed by atoms with van der Waals surface area (Å²) >= 11 is 0. The van der Waals surface area contributed by atoms with Gasteiger partial charge in [-0.05, 0) is 0 Å². The molecule has 1 aliphatic heterocycles. The molecule has 6 nitrogen and oxygen atoms in total. The van der Waals surface area contributed by atoms with Crippen molar-refractivity contribution in [2.45, 2.75) is 6.42 Å². The van der Waals surface area contributed by atoms with Crippen molar-refractivity contribution in [1.29, 1.82) is 0 Å². The Hall–Kier alpha value is -1.14. The van der Waals surface area contributed by atoms with Crippen LogP contribution in [0.25, 0.3) is 0 Å². The lowest BCUT2D eigenvalue weighted by atomic mass is 10.3. The van der Waals surface area contributed by atoms with Crippen LogP contribution in [0.4, 0.5) is 4.79 Å². The van der Waals surface area contributed by atoms with E-state index in [1.54, 1.807) is 0 Å². The van der Waals surface area contributed by atoms with Crippen molar-refractivity contribution in [1.82, 2.24) is 15.5 Å². The Morgan fingerprint density at radius 2 is 2.00 bits per heavy atom. The Labute approximate surface area is 82.8 Å². The molecule has 0 saturated carbocycles. The molecule has 0 aromatic rings. The van der Waals surface area contributed by atoms with Crippen LogP contribution >= 0.6 is 0 Å². The van der Waals surface area contributed by atoms with Crippen LogP contribution in [0, 0.1) is 0 Å². The molecule has 3 amide bonds. The highest BCUT2D eigenvalue weighted by atomic mass is 16.2. The topological polar surface area (TPSA) is 87.5 Å². The number of amides is 3. The molecule has 0 aliphatic carbocycles. The van der Waals surface area contributed by atoms with Crippen molar-refractivity contribution in [3.05, 3.63) is 0 Å². The Balaban J connectivity index is 2.12. The summed E-state index contributed by atoms with van der Waals surface area (Å²) in [6, 6.07) is -0.782. The van der Waals surface area contributed by atoms with E-state index in [0.717, 1.165) is 26.2 Å². The summed E-state index contributed by atoms with van der Waals surface area (Å²) in [5.74, 6) is -0.309. The molecule has 1 saturated heterocycles. The summed E-state index contributed by atoms with van der Waals surface area (Å²) < 4.78 is 0. The van der Waals surface area contributed by atoms with E-state index in [9.17, 15) is 9.59 Å². The Bertz CT molecular complexity index is 213. The van der Waals surface area contributed by atoms with Crippen LogP contribution in [0.1, 0.15) is 6.42 Å². The molecule has 6 heteroatoms. The minimum absolute atomic E-state index is 0.309. The number of nitrogens with zero attached hydrogens (tertiary/aromatic N) is 1. The molecule has 0 atom stereocenters. The van der Waals surface area contributed by atoms with Gasteiger partial charge in [0.2, 0.25) is 5.91 Å². The maximum atomic E-state index is 11.0. The lowest BCUT2D eigenvalue weighted by molar-refractivity contribution is -0.120. The Morgan fingerprint density at radius 1 is 1.36 bits per heavy atom. The van der Waals surface area contributed by atoms with Crippen LogP contribution in [-0.4, -0.2) is 49.6 Å². The molecule has 0 radical (unpaired) electrons. The largest absolute Gasteiger partial charge is 0.351 e. The molecule has 4 N–H and O–H groups in total. The summed E-state index contributed by atoms with van der Waals surface area (Å²) in [5.41, 5.74) is 4.81. The lowest BCUT2D eigenvalue weighted by Crippen LogP contribution is -2.45. The van der Waals surface area contributed by atoms with Gasteiger partial charge in [0, 0.05) is 39.1 Å².